The van der Waals surface area contributed by atoms with Gasteiger partial charge in [0.2, 0.25) is 6.41 Å². The smallest absolute Gasteiger partial charge is 0.410 e. The molecule has 4 N–H and O–H groups in total. The fourth-order valence-electron chi connectivity index (χ4n) is 6.49. The van der Waals surface area contributed by atoms with Crippen LogP contribution < -0.4 is 16.4 Å². The maximum atomic E-state index is 12.9. The van der Waals surface area contributed by atoms with Gasteiger partial charge in [0.15, 0.2) is 0 Å². The molecule has 2 saturated heterocycles. The van der Waals surface area contributed by atoms with Gasteiger partial charge >= 0.3 is 6.09 Å². The number of nitrogen functional groups attached to an aromatic ring is 1. The molecule has 0 spiro atoms. The first-order valence-electron chi connectivity index (χ1n) is 14.2. The van der Waals surface area contributed by atoms with Crippen molar-refractivity contribution >= 4 is 45.4 Å². The summed E-state index contributed by atoms with van der Waals surface area (Å²) in [6.07, 6.45) is 4.86. The van der Waals surface area contributed by atoms with Crippen molar-refractivity contribution in [1.82, 2.24) is 9.88 Å². The van der Waals surface area contributed by atoms with Crippen LogP contribution in [0.3, 0.4) is 0 Å². The minimum absolute atomic E-state index is 0.115. The van der Waals surface area contributed by atoms with Crippen molar-refractivity contribution in [3.8, 4) is 6.07 Å². The molecule has 1 aromatic carbocycles. The number of primary amides is 1. The number of carbonyl (C=O) groups is 2. The Bertz CT molecular complexity index is 1510. The molecule has 0 radical (unpaired) electrons. The van der Waals surface area contributed by atoms with Gasteiger partial charge in [-0.15, -0.1) is 11.3 Å². The van der Waals surface area contributed by atoms with E-state index in [4.69, 9.17) is 20.2 Å². The van der Waals surface area contributed by atoms with Crippen LogP contribution >= 0.6 is 11.3 Å². The number of fused-ring (bicyclic) bond motifs is 4. The van der Waals surface area contributed by atoms with E-state index in [2.05, 4.69) is 34.9 Å². The summed E-state index contributed by atoms with van der Waals surface area (Å²) in [5.41, 5.74) is 16.4. The van der Waals surface area contributed by atoms with Crippen LogP contribution in [-0.2, 0) is 22.4 Å². The first kappa shape index (κ1) is 28.7. The molecule has 4 heterocycles. The number of thiophene rings is 1. The summed E-state index contributed by atoms with van der Waals surface area (Å²) in [5, 5.41) is 11.2. The second-order valence-electron chi connectivity index (χ2n) is 12.2. The maximum Gasteiger partial charge on any atom is 0.410 e. The van der Waals surface area contributed by atoms with Crippen LogP contribution in [0.2, 0.25) is 0 Å². The number of piperazine rings is 1. The number of benzene rings is 1. The summed E-state index contributed by atoms with van der Waals surface area (Å²) in [4.78, 5) is 32.7. The molecule has 1 aliphatic carbocycles. The Labute approximate surface area is 245 Å². The van der Waals surface area contributed by atoms with Crippen LogP contribution in [0.25, 0.3) is 10.2 Å². The monoisotopic (exact) mass is 574 g/mol. The number of aromatic nitrogens is 1. The number of nitriles is 1. The van der Waals surface area contributed by atoms with Crippen LogP contribution in [0.4, 0.5) is 16.2 Å². The third-order valence-corrected chi connectivity index (χ3v) is 9.50. The summed E-state index contributed by atoms with van der Waals surface area (Å²) >= 11 is 1.72. The van der Waals surface area contributed by atoms with Crippen molar-refractivity contribution in [3.63, 3.8) is 0 Å². The average molecular weight is 575 g/mol. The number of carbonyl (C=O) groups excluding carboxylic acids is 2. The number of anilines is 2. The predicted octanol–water partition coefficient (Wildman–Crippen LogP) is 5.02. The third-order valence-electron chi connectivity index (χ3n) is 8.23. The molecular weight excluding hydrogens is 536 g/mol. The molecule has 2 fully saturated rings. The maximum absolute atomic E-state index is 12.9. The van der Waals surface area contributed by atoms with Crippen molar-refractivity contribution in [2.75, 3.05) is 23.7 Å². The topological polar surface area (TPSA) is 139 Å². The zero-order valence-corrected chi connectivity index (χ0v) is 25.0. The second-order valence-corrected chi connectivity index (χ2v) is 13.2. The van der Waals surface area contributed by atoms with E-state index >= 15 is 0 Å². The fourth-order valence-corrected chi connectivity index (χ4v) is 7.77. The number of hydrogen-bond donors (Lipinski definition) is 2. The van der Waals surface area contributed by atoms with Gasteiger partial charge in [-0.3, -0.25) is 9.69 Å². The van der Waals surface area contributed by atoms with E-state index in [9.17, 15) is 10.1 Å². The third kappa shape index (κ3) is 5.68. The van der Waals surface area contributed by atoms with E-state index in [1.165, 1.54) is 16.0 Å². The van der Waals surface area contributed by atoms with Crippen molar-refractivity contribution in [2.45, 2.75) is 83.4 Å². The zero-order valence-electron chi connectivity index (χ0n) is 24.1. The van der Waals surface area contributed by atoms with Gasteiger partial charge < -0.3 is 21.1 Å². The largest absolute Gasteiger partial charge is 0.444 e. The number of ether oxygens (including phenoxy) is 1. The van der Waals surface area contributed by atoms with Gasteiger partial charge in [0, 0.05) is 29.0 Å². The molecule has 41 heavy (non-hydrogen) atoms. The number of nitrogens with zero attached hydrogens (tertiary/aromatic N) is 4. The number of hydrogen-bond acceptors (Lipinski definition) is 8. The van der Waals surface area contributed by atoms with E-state index in [1.54, 1.807) is 11.3 Å². The van der Waals surface area contributed by atoms with E-state index in [1.807, 2.05) is 38.7 Å². The molecule has 2 bridgehead atoms. The molecule has 10 heteroatoms. The van der Waals surface area contributed by atoms with Crippen molar-refractivity contribution in [1.29, 1.82) is 5.26 Å². The van der Waals surface area contributed by atoms with Crippen LogP contribution in [-0.4, -0.2) is 53.2 Å². The number of pyridine rings is 1. The first-order chi connectivity index (χ1) is 19.5. The normalized spacial score (nSPS) is 21.5. The van der Waals surface area contributed by atoms with Crippen LogP contribution in [0.1, 0.15) is 73.2 Å². The lowest BCUT2D eigenvalue weighted by Gasteiger charge is -2.42. The molecule has 2 aromatic heterocycles. The molecule has 0 saturated carbocycles. The molecule has 2 aliphatic heterocycles. The predicted molar refractivity (Wildman–Crippen MR) is 162 cm³/mol. The highest BCUT2D eigenvalue weighted by atomic mass is 32.1. The molecule has 216 valence electrons. The second kappa shape index (κ2) is 11.2. The molecule has 3 aliphatic rings. The first-order valence-corrected chi connectivity index (χ1v) is 15.0. The Morgan fingerprint density at radius 3 is 2.49 bits per heavy atom. The molecule has 3 atom stereocenters. The Morgan fingerprint density at radius 1 is 1.17 bits per heavy atom. The van der Waals surface area contributed by atoms with Crippen LogP contribution in [0, 0.1) is 18.3 Å². The van der Waals surface area contributed by atoms with Crippen molar-refractivity contribution in [2.24, 2.45) is 5.73 Å². The summed E-state index contributed by atoms with van der Waals surface area (Å²) in [6, 6.07) is 11.1. The van der Waals surface area contributed by atoms with Crippen LogP contribution in [0.5, 0.6) is 0 Å². The Balaban J connectivity index is 0.00000108. The highest BCUT2D eigenvalue weighted by Crippen LogP contribution is 2.44. The fraction of sp³-hybridized carbons (Fsp3) is 0.484. The zero-order chi connectivity index (χ0) is 29.5. The number of aryl methyl sites for hydroxylation is 2. The van der Waals surface area contributed by atoms with Crippen molar-refractivity contribution in [3.05, 3.63) is 51.5 Å². The Kier molecular flexibility index (Phi) is 7.84. The molecular formula is C31H38N6O3S. The van der Waals surface area contributed by atoms with Gasteiger partial charge in [-0.25, -0.2) is 9.78 Å². The highest BCUT2D eigenvalue weighted by Gasteiger charge is 2.44. The van der Waals surface area contributed by atoms with E-state index in [0.29, 0.717) is 5.92 Å². The number of amides is 2. The lowest BCUT2D eigenvalue weighted by atomic mass is 9.81. The molecule has 3 unspecified atom stereocenters. The standard InChI is InChI=1S/C30H35N5O2S.CH3NO/c1-17-5-10-24-26(32)27(38-28(24)33-17)19-7-6-18-13-25(21(14-31)12-20(18)11-19)34-15-22-8-9-23(16-34)35(22)29(36)37-30(2,3)4;2-1-3/h5,10,12-13,19,22-23H,6-9,11,15-16,32H2,1-4H3;1H,(H2,2,3). The minimum atomic E-state index is -0.506. The van der Waals surface area contributed by atoms with Gasteiger partial charge in [0.25, 0.3) is 0 Å². The van der Waals surface area contributed by atoms with Gasteiger partial charge in [-0.2, -0.15) is 5.26 Å². The summed E-state index contributed by atoms with van der Waals surface area (Å²) in [5.74, 6) is 0.340. The van der Waals surface area contributed by atoms with E-state index in [-0.39, 0.29) is 24.6 Å². The van der Waals surface area contributed by atoms with E-state index < -0.39 is 5.60 Å². The number of nitrogens with two attached hydrogens (primary N) is 2. The lowest BCUT2D eigenvalue weighted by Crippen LogP contribution is -2.57. The summed E-state index contributed by atoms with van der Waals surface area (Å²) in [7, 11) is 0. The van der Waals surface area contributed by atoms with Gasteiger partial charge in [0.1, 0.15) is 16.5 Å². The SMILES string of the molecule is Cc1ccc2c(N)c(C3CCc4cc(N5CC6CCC(C5)N6C(=O)OC(C)(C)C)c(C#N)cc4C3)sc2n1.NC=O. The average Bonchev–Trinajstić information content (AvgIpc) is 3.39. The summed E-state index contributed by atoms with van der Waals surface area (Å²) < 4.78 is 5.70. The molecule has 6 rings (SSSR count). The lowest BCUT2D eigenvalue weighted by molar-refractivity contribution is -0.106. The minimum Gasteiger partial charge on any atom is -0.444 e. The van der Waals surface area contributed by atoms with Crippen molar-refractivity contribution < 1.29 is 14.3 Å². The van der Waals surface area contributed by atoms with Gasteiger partial charge in [-0.1, -0.05) is 0 Å². The quantitative estimate of drug-likeness (QED) is 0.410. The molecule has 3 aromatic rings. The number of rotatable bonds is 2. The molecule has 9 nitrogen and oxygen atoms in total. The molecule has 2 amide bonds. The highest BCUT2D eigenvalue weighted by molar-refractivity contribution is 7.19. The van der Waals surface area contributed by atoms with E-state index in [0.717, 1.165) is 78.0 Å². The Morgan fingerprint density at radius 2 is 1.85 bits per heavy atom. The summed E-state index contributed by atoms with van der Waals surface area (Å²) in [6.45, 7) is 9.20. The van der Waals surface area contributed by atoms with Gasteiger partial charge in [0.05, 0.1) is 29.0 Å². The van der Waals surface area contributed by atoms with Gasteiger partial charge in [-0.05, 0) is 101 Å². The Hall–Kier alpha value is -3.84. The van der Waals surface area contributed by atoms with Crippen LogP contribution in [0.15, 0.2) is 24.3 Å².